The van der Waals surface area contributed by atoms with Gasteiger partial charge < -0.3 is 28.7 Å². The molecule has 28 heavy (non-hydrogen) atoms. The van der Waals surface area contributed by atoms with Gasteiger partial charge in [0.15, 0.2) is 0 Å². The smallest absolute Gasteiger partial charge is 0.379 e. The zero-order valence-corrected chi connectivity index (χ0v) is 19.5. The normalized spacial score (nSPS) is 9.93. The van der Waals surface area contributed by atoms with Gasteiger partial charge in [0.05, 0.1) is 39.5 Å². The van der Waals surface area contributed by atoms with Crippen molar-refractivity contribution in [3.05, 3.63) is 38.2 Å². The molecule has 0 heterocycles. The van der Waals surface area contributed by atoms with Crippen LogP contribution in [0.1, 0.15) is 0 Å². The van der Waals surface area contributed by atoms with E-state index in [1.807, 2.05) is 0 Å². The van der Waals surface area contributed by atoms with Crippen molar-refractivity contribution in [2.45, 2.75) is 0 Å². The number of nitrogens with one attached hydrogen (secondary N) is 2. The first-order chi connectivity index (χ1) is 12.4. The van der Waals surface area contributed by atoms with Crippen LogP contribution < -0.4 is 47.5 Å². The van der Waals surface area contributed by atoms with Gasteiger partial charge in [0, 0.05) is 28.4 Å². The molecule has 2 N–H and O–H groups in total. The van der Waals surface area contributed by atoms with Crippen LogP contribution >= 0.6 is 0 Å². The van der Waals surface area contributed by atoms with E-state index >= 15 is 0 Å². The summed E-state index contributed by atoms with van der Waals surface area (Å²) in [4.78, 5) is 2.81. The van der Waals surface area contributed by atoms with Crippen molar-refractivity contribution in [3.63, 3.8) is 0 Å². The molecule has 0 bridgehead atoms. The van der Waals surface area contributed by atoms with Gasteiger partial charge in [-0.05, 0) is 0 Å². The fraction of sp³-hybridized carbons (Fsp3) is 0.700. The van der Waals surface area contributed by atoms with E-state index < -0.39 is 0 Å². The Morgan fingerprint density at radius 1 is 0.607 bits per heavy atom. The maximum Gasteiger partial charge on any atom is 1.00 e. The van der Waals surface area contributed by atoms with Crippen molar-refractivity contribution < 1.29 is 66.5 Å². The van der Waals surface area contributed by atoms with Crippen LogP contribution in [0.5, 0.6) is 0 Å². The van der Waals surface area contributed by atoms with E-state index in [2.05, 4.69) is 27.0 Å². The topological polar surface area (TPSA) is 45.8 Å². The van der Waals surface area contributed by atoms with Crippen molar-refractivity contribution in [2.24, 2.45) is 0 Å². The summed E-state index contributed by atoms with van der Waals surface area (Å²) in [6.45, 7) is 24.0. The molecule has 0 rings (SSSR count). The van der Waals surface area contributed by atoms with Crippen molar-refractivity contribution in [1.82, 2.24) is 0 Å². The van der Waals surface area contributed by atoms with Crippen molar-refractivity contribution in [2.75, 3.05) is 94.1 Å². The summed E-state index contributed by atoms with van der Waals surface area (Å²) in [5.74, 6) is 0. The molecule has 0 fully saturated rings. The van der Waals surface area contributed by atoms with Gasteiger partial charge in [-0.15, -0.1) is 0 Å². The zero-order chi connectivity index (χ0) is 20.2. The molecule has 0 aliphatic heterocycles. The Hall–Kier alpha value is 0.175. The number of rotatable bonds is 16. The third-order valence-corrected chi connectivity index (χ3v) is 3.64. The molecule has 0 saturated heterocycles. The van der Waals surface area contributed by atoms with E-state index in [4.69, 9.17) is 18.9 Å². The summed E-state index contributed by atoms with van der Waals surface area (Å²) in [5, 5.41) is 0. The van der Waals surface area contributed by atoms with E-state index in [1.54, 1.807) is 28.4 Å². The van der Waals surface area contributed by atoms with Gasteiger partial charge in [-0.2, -0.15) is 11.1 Å². The second-order valence-electron chi connectivity index (χ2n) is 6.32. The summed E-state index contributed by atoms with van der Waals surface area (Å²) in [7, 11) is 6.86. The summed E-state index contributed by atoms with van der Waals surface area (Å²) in [5.41, 5.74) is 1.92. The summed E-state index contributed by atoms with van der Waals surface area (Å²) >= 11 is 0. The molecule has 0 saturated carbocycles. The van der Waals surface area contributed by atoms with Crippen molar-refractivity contribution in [1.29, 1.82) is 0 Å². The molecule has 0 atom stereocenters. The van der Waals surface area contributed by atoms with Crippen molar-refractivity contribution >= 4 is 0 Å². The van der Waals surface area contributed by atoms with Crippen LogP contribution in [0.3, 0.4) is 0 Å². The van der Waals surface area contributed by atoms with Gasteiger partial charge in [0.1, 0.15) is 26.2 Å². The predicted octanol–water partition coefficient (Wildman–Crippen LogP) is -6.88. The Morgan fingerprint density at radius 3 is 0.964 bits per heavy atom. The number of hydrogen-bond donors (Lipinski definition) is 2. The van der Waals surface area contributed by atoms with E-state index in [0.717, 1.165) is 76.8 Å². The second kappa shape index (κ2) is 27.2. The van der Waals surface area contributed by atoms with Gasteiger partial charge in [-0.25, -0.2) is 27.0 Å². The first kappa shape index (κ1) is 35.6. The molecule has 0 aliphatic rings. The van der Waals surface area contributed by atoms with E-state index in [-0.39, 0.29) is 37.7 Å². The van der Waals surface area contributed by atoms with E-state index in [9.17, 15) is 0 Å². The average molecular weight is 388 g/mol. The Bertz CT molecular complexity index is 300. The van der Waals surface area contributed by atoms with Gasteiger partial charge in [-0.3, -0.25) is 0 Å². The zero-order valence-electron chi connectivity index (χ0n) is 19.5. The van der Waals surface area contributed by atoms with Crippen LogP contribution in [0, 0.1) is 13.8 Å². The third-order valence-electron chi connectivity index (χ3n) is 3.64. The largest absolute Gasteiger partial charge is 1.00 e. The van der Waals surface area contributed by atoms with E-state index in [1.165, 1.54) is 9.80 Å². The van der Waals surface area contributed by atoms with Crippen LogP contribution in [-0.4, -0.2) is 94.1 Å². The summed E-state index contributed by atoms with van der Waals surface area (Å²) in [6, 6.07) is 0. The molecular formula is C20H42Li2N2O4+2. The summed E-state index contributed by atoms with van der Waals surface area (Å²) in [6.07, 6.45) is 0. The van der Waals surface area contributed by atoms with Crippen LogP contribution in [-0.2, 0) is 18.9 Å². The van der Waals surface area contributed by atoms with Gasteiger partial charge >= 0.3 is 37.7 Å². The van der Waals surface area contributed by atoms with Crippen LogP contribution in [0.4, 0.5) is 0 Å². The molecular weight excluding hydrogens is 346 g/mol. The average Bonchev–Trinajstić information content (AvgIpc) is 2.59. The molecule has 0 unspecified atom stereocenters. The molecule has 0 aliphatic carbocycles. The first-order valence-electron chi connectivity index (χ1n) is 9.03. The molecule has 0 aromatic heterocycles. The molecule has 156 valence electrons. The summed E-state index contributed by atoms with van der Waals surface area (Å²) < 4.78 is 20.1. The number of quaternary nitrogens is 2. The predicted molar refractivity (Wildman–Crippen MR) is 108 cm³/mol. The minimum Gasteiger partial charge on any atom is -0.379 e. The second-order valence-corrected chi connectivity index (χ2v) is 6.32. The van der Waals surface area contributed by atoms with Gasteiger partial charge in [0.25, 0.3) is 0 Å². The molecule has 6 nitrogen and oxygen atoms in total. The quantitative estimate of drug-likeness (QED) is 0.204. The van der Waals surface area contributed by atoms with Crippen LogP contribution in [0.15, 0.2) is 24.3 Å². The third kappa shape index (κ3) is 28.4. The molecule has 0 spiro atoms. The Labute approximate surface area is 198 Å². The first-order valence-corrected chi connectivity index (χ1v) is 9.03. The fourth-order valence-electron chi connectivity index (χ4n) is 2.30. The van der Waals surface area contributed by atoms with E-state index in [0.29, 0.717) is 0 Å². The van der Waals surface area contributed by atoms with Crippen LogP contribution in [0.2, 0.25) is 0 Å². The molecule has 8 heteroatoms. The Morgan fingerprint density at radius 2 is 0.821 bits per heavy atom. The Balaban J connectivity index is -0.000000192. The number of hydrogen-bond acceptors (Lipinski definition) is 4. The number of methoxy groups -OCH3 is 4. The minimum atomic E-state index is 0. The molecule has 0 amide bonds. The molecule has 0 aromatic rings. The van der Waals surface area contributed by atoms with Gasteiger partial charge in [-0.1, -0.05) is 0 Å². The monoisotopic (exact) mass is 388 g/mol. The Kier molecular flexibility index (Phi) is 34.6. The fourth-order valence-corrected chi connectivity index (χ4v) is 2.30. The maximum atomic E-state index is 5.02. The van der Waals surface area contributed by atoms with Crippen molar-refractivity contribution in [3.8, 4) is 0 Å². The SMILES string of the molecule is C=C([CH2-])C[NH+](CCOC)CCOC.C=C([CH2-])C[NH+](CCOC)CCOC.[Li+].[Li+]. The van der Waals surface area contributed by atoms with Gasteiger partial charge in [0.2, 0.25) is 0 Å². The molecule has 0 aromatic carbocycles. The number of ether oxygens (including phenoxy) is 4. The minimum absolute atomic E-state index is 0. The molecule has 0 radical (unpaired) electrons. The standard InChI is InChI=1S/2C10H20NO2.2Li/c2*1-10(2)9-11(5-7-12-3)6-8-13-4;;/h2*1-2,5-9H2,3-4H3;;/q2*-1;2*+1/p+2. The maximum absolute atomic E-state index is 5.02. The van der Waals surface area contributed by atoms with Crippen LogP contribution in [0.25, 0.3) is 0 Å².